The molecular weight excluding hydrogens is 294 g/mol. The van der Waals surface area contributed by atoms with Gasteiger partial charge in [0, 0.05) is 17.1 Å². The van der Waals surface area contributed by atoms with Crippen molar-refractivity contribution in [1.29, 1.82) is 0 Å². The molecule has 0 spiro atoms. The third-order valence-corrected chi connectivity index (χ3v) is 3.83. The van der Waals surface area contributed by atoms with Crippen LogP contribution in [0.5, 0.6) is 0 Å². The second kappa shape index (κ2) is 5.85. The summed E-state index contributed by atoms with van der Waals surface area (Å²) in [6.45, 7) is 1.98. The Bertz CT molecular complexity index is 427. The summed E-state index contributed by atoms with van der Waals surface area (Å²) in [5.74, 6) is -0.0200. The van der Waals surface area contributed by atoms with E-state index in [0.29, 0.717) is 5.56 Å². The number of halogens is 1. The van der Waals surface area contributed by atoms with Gasteiger partial charge in [-0.25, -0.2) is 0 Å². The molecule has 98 valence electrons. The van der Waals surface area contributed by atoms with Crippen molar-refractivity contribution >= 4 is 21.8 Å². The van der Waals surface area contributed by atoms with Crippen LogP contribution in [0.4, 0.5) is 0 Å². The van der Waals surface area contributed by atoms with Crippen molar-refractivity contribution in [2.24, 2.45) is 0 Å². The third-order valence-electron chi connectivity index (χ3n) is 3.38. The largest absolute Gasteiger partial charge is 0.379 e. The molecular formula is C14H18BrNO2. The van der Waals surface area contributed by atoms with Crippen molar-refractivity contribution in [2.45, 2.75) is 38.3 Å². The Kier molecular flexibility index (Phi) is 4.40. The molecule has 1 aliphatic carbocycles. The fourth-order valence-electron chi connectivity index (χ4n) is 2.49. The molecule has 0 saturated heterocycles. The van der Waals surface area contributed by atoms with Gasteiger partial charge >= 0.3 is 0 Å². The number of aryl methyl sites for hydroxylation is 1. The summed E-state index contributed by atoms with van der Waals surface area (Å²) >= 11 is 3.41. The van der Waals surface area contributed by atoms with Crippen molar-refractivity contribution in [2.75, 3.05) is 7.11 Å². The number of ether oxygens (including phenoxy) is 1. The van der Waals surface area contributed by atoms with Crippen LogP contribution in [0.1, 0.15) is 35.2 Å². The average molecular weight is 312 g/mol. The van der Waals surface area contributed by atoms with Gasteiger partial charge in [0.05, 0.1) is 12.1 Å². The van der Waals surface area contributed by atoms with E-state index in [4.69, 9.17) is 4.74 Å². The highest BCUT2D eigenvalue weighted by molar-refractivity contribution is 9.10. The fraction of sp³-hybridized carbons (Fsp3) is 0.500. The number of carbonyl (C=O) groups is 1. The zero-order valence-corrected chi connectivity index (χ0v) is 12.3. The van der Waals surface area contributed by atoms with E-state index in [1.165, 1.54) is 0 Å². The minimum atomic E-state index is -0.0200. The van der Waals surface area contributed by atoms with Crippen molar-refractivity contribution in [3.8, 4) is 0 Å². The molecule has 2 atom stereocenters. The molecule has 0 radical (unpaired) electrons. The van der Waals surface area contributed by atoms with Gasteiger partial charge in [0.1, 0.15) is 0 Å². The summed E-state index contributed by atoms with van der Waals surface area (Å²) in [6.07, 6.45) is 3.29. The number of nitrogens with one attached hydrogen (secondary N) is 1. The van der Waals surface area contributed by atoms with Gasteiger partial charge in [-0.3, -0.25) is 4.79 Å². The topological polar surface area (TPSA) is 38.3 Å². The first kappa shape index (κ1) is 13.6. The number of benzene rings is 1. The molecule has 18 heavy (non-hydrogen) atoms. The van der Waals surface area contributed by atoms with Gasteiger partial charge < -0.3 is 10.1 Å². The molecule has 1 amide bonds. The lowest BCUT2D eigenvalue weighted by atomic mass is 10.1. The first-order chi connectivity index (χ1) is 8.60. The van der Waals surface area contributed by atoms with E-state index in [1.807, 2.05) is 25.1 Å². The number of rotatable bonds is 3. The average Bonchev–Trinajstić information content (AvgIpc) is 2.75. The zero-order chi connectivity index (χ0) is 13.1. The highest BCUT2D eigenvalue weighted by Crippen LogP contribution is 2.22. The molecule has 1 N–H and O–H groups in total. The smallest absolute Gasteiger partial charge is 0.251 e. The monoisotopic (exact) mass is 311 g/mol. The number of hydrogen-bond acceptors (Lipinski definition) is 2. The molecule has 1 aromatic carbocycles. The molecule has 2 unspecified atom stereocenters. The molecule has 0 aliphatic heterocycles. The van der Waals surface area contributed by atoms with Crippen molar-refractivity contribution in [3.63, 3.8) is 0 Å². The molecule has 1 fully saturated rings. The second-order valence-corrected chi connectivity index (χ2v) is 5.72. The van der Waals surface area contributed by atoms with Crippen LogP contribution in [-0.4, -0.2) is 25.2 Å². The Morgan fingerprint density at radius 3 is 2.83 bits per heavy atom. The van der Waals surface area contributed by atoms with Crippen LogP contribution in [0.3, 0.4) is 0 Å². The number of methoxy groups -OCH3 is 1. The minimum Gasteiger partial charge on any atom is -0.379 e. The van der Waals surface area contributed by atoms with Gasteiger partial charge in [-0.05, 0) is 49.9 Å². The standard InChI is InChI=1S/C14H18BrNO2/c1-9-6-10(8-11(15)7-9)14(17)16-12-4-3-5-13(12)18-2/h6-8,12-13H,3-5H2,1-2H3,(H,16,17). The summed E-state index contributed by atoms with van der Waals surface area (Å²) in [5, 5.41) is 3.07. The van der Waals surface area contributed by atoms with E-state index in [1.54, 1.807) is 7.11 Å². The van der Waals surface area contributed by atoms with Gasteiger partial charge in [0.2, 0.25) is 0 Å². The molecule has 2 rings (SSSR count). The number of carbonyl (C=O) groups excluding carboxylic acids is 1. The normalized spacial score (nSPS) is 23.1. The van der Waals surface area contributed by atoms with Crippen molar-refractivity contribution in [1.82, 2.24) is 5.32 Å². The second-order valence-electron chi connectivity index (χ2n) is 4.80. The first-order valence-corrected chi connectivity index (χ1v) is 7.00. The highest BCUT2D eigenvalue weighted by atomic mass is 79.9. The van der Waals surface area contributed by atoms with E-state index in [0.717, 1.165) is 29.3 Å². The summed E-state index contributed by atoms with van der Waals surface area (Å²) in [6, 6.07) is 5.88. The number of hydrogen-bond donors (Lipinski definition) is 1. The van der Waals surface area contributed by atoms with E-state index in [9.17, 15) is 4.79 Å². The highest BCUT2D eigenvalue weighted by Gasteiger charge is 2.28. The lowest BCUT2D eigenvalue weighted by Gasteiger charge is -2.19. The lowest BCUT2D eigenvalue weighted by Crippen LogP contribution is -2.40. The summed E-state index contributed by atoms with van der Waals surface area (Å²) < 4.78 is 6.32. The maximum Gasteiger partial charge on any atom is 0.251 e. The van der Waals surface area contributed by atoms with Crippen LogP contribution >= 0.6 is 15.9 Å². The SMILES string of the molecule is COC1CCCC1NC(=O)c1cc(C)cc(Br)c1. The summed E-state index contributed by atoms with van der Waals surface area (Å²) in [5.41, 5.74) is 1.77. The van der Waals surface area contributed by atoms with E-state index < -0.39 is 0 Å². The maximum atomic E-state index is 12.2. The first-order valence-electron chi connectivity index (χ1n) is 6.21. The third kappa shape index (κ3) is 3.12. The van der Waals surface area contributed by atoms with Crippen LogP contribution in [-0.2, 0) is 4.74 Å². The molecule has 1 saturated carbocycles. The van der Waals surface area contributed by atoms with E-state index in [2.05, 4.69) is 21.2 Å². The number of amides is 1. The Hall–Kier alpha value is -0.870. The Balaban J connectivity index is 2.07. The van der Waals surface area contributed by atoms with Crippen molar-refractivity contribution in [3.05, 3.63) is 33.8 Å². The van der Waals surface area contributed by atoms with Crippen LogP contribution in [0.25, 0.3) is 0 Å². The predicted octanol–water partition coefficient (Wildman–Crippen LogP) is 3.05. The van der Waals surface area contributed by atoms with E-state index >= 15 is 0 Å². The van der Waals surface area contributed by atoms with Gasteiger partial charge in [0.15, 0.2) is 0 Å². The Morgan fingerprint density at radius 2 is 2.17 bits per heavy atom. The summed E-state index contributed by atoms with van der Waals surface area (Å²) in [4.78, 5) is 12.2. The molecule has 0 heterocycles. The van der Waals surface area contributed by atoms with Crippen LogP contribution in [0, 0.1) is 6.92 Å². The van der Waals surface area contributed by atoms with Crippen LogP contribution < -0.4 is 5.32 Å². The summed E-state index contributed by atoms with van der Waals surface area (Å²) in [7, 11) is 1.71. The van der Waals surface area contributed by atoms with Crippen LogP contribution in [0.2, 0.25) is 0 Å². The Labute approximate surface area is 116 Å². The van der Waals surface area contributed by atoms with Gasteiger partial charge in [-0.2, -0.15) is 0 Å². The predicted molar refractivity (Wildman–Crippen MR) is 74.8 cm³/mol. The quantitative estimate of drug-likeness (QED) is 0.931. The molecule has 1 aromatic rings. The molecule has 0 bridgehead atoms. The molecule has 3 nitrogen and oxygen atoms in total. The molecule has 1 aliphatic rings. The van der Waals surface area contributed by atoms with Crippen LogP contribution in [0.15, 0.2) is 22.7 Å². The minimum absolute atomic E-state index is 0.0200. The maximum absolute atomic E-state index is 12.2. The van der Waals surface area contributed by atoms with E-state index in [-0.39, 0.29) is 18.1 Å². The van der Waals surface area contributed by atoms with Crippen molar-refractivity contribution < 1.29 is 9.53 Å². The van der Waals surface area contributed by atoms with Gasteiger partial charge in [0.25, 0.3) is 5.91 Å². The molecule has 4 heteroatoms. The van der Waals surface area contributed by atoms with Gasteiger partial charge in [-0.1, -0.05) is 15.9 Å². The Morgan fingerprint density at radius 1 is 1.39 bits per heavy atom. The molecule has 0 aromatic heterocycles. The van der Waals surface area contributed by atoms with Gasteiger partial charge in [-0.15, -0.1) is 0 Å². The zero-order valence-electron chi connectivity index (χ0n) is 10.7. The fourth-order valence-corrected chi connectivity index (χ4v) is 3.10. The lowest BCUT2D eigenvalue weighted by molar-refractivity contribution is 0.0722.